The third kappa shape index (κ3) is 5.65. The van der Waals surface area contributed by atoms with Crippen LogP contribution in [0.3, 0.4) is 0 Å². The first kappa shape index (κ1) is 29.4. The third-order valence-electron chi connectivity index (χ3n) is 10.8. The summed E-state index contributed by atoms with van der Waals surface area (Å²) in [6, 6.07) is 15.6. The summed E-state index contributed by atoms with van der Waals surface area (Å²) >= 11 is 0. The Labute approximate surface area is 259 Å². The molecule has 0 spiro atoms. The lowest BCUT2D eigenvalue weighted by atomic mass is 9.82. The Kier molecular flexibility index (Phi) is 7.96. The van der Waals surface area contributed by atoms with Crippen molar-refractivity contribution >= 4 is 5.97 Å². The lowest BCUT2D eigenvalue weighted by Crippen LogP contribution is -2.44. The van der Waals surface area contributed by atoms with Crippen molar-refractivity contribution in [1.82, 2.24) is 9.88 Å². The molecule has 3 unspecified atom stereocenters. The van der Waals surface area contributed by atoms with Gasteiger partial charge in [-0.15, -0.1) is 0 Å². The maximum atomic E-state index is 15.2. The maximum Gasteiger partial charge on any atom is 0.306 e. The number of aryl methyl sites for hydroxylation is 2. The highest BCUT2D eigenvalue weighted by Crippen LogP contribution is 2.48. The molecule has 5 atom stereocenters. The molecule has 3 aromatic rings. The van der Waals surface area contributed by atoms with Crippen LogP contribution in [0.5, 0.6) is 5.75 Å². The van der Waals surface area contributed by atoms with Crippen LogP contribution < -0.4 is 4.74 Å². The van der Waals surface area contributed by atoms with Gasteiger partial charge in [0, 0.05) is 37.0 Å². The highest BCUT2D eigenvalue weighted by atomic mass is 19.1. The van der Waals surface area contributed by atoms with Gasteiger partial charge >= 0.3 is 5.97 Å². The van der Waals surface area contributed by atoms with E-state index in [0.29, 0.717) is 29.7 Å². The molecule has 1 saturated carbocycles. The lowest BCUT2D eigenvalue weighted by Gasteiger charge is -2.39. The molecule has 1 aliphatic carbocycles. The zero-order chi connectivity index (χ0) is 30.5. The number of carboxylic acid groups (broad SMARTS) is 1. The van der Waals surface area contributed by atoms with Crippen molar-refractivity contribution < 1.29 is 23.8 Å². The number of carbonyl (C=O) groups is 1. The van der Waals surface area contributed by atoms with Gasteiger partial charge in [-0.3, -0.25) is 14.7 Å². The summed E-state index contributed by atoms with van der Waals surface area (Å²) in [5, 5.41) is 9.79. The van der Waals surface area contributed by atoms with Gasteiger partial charge in [0.25, 0.3) is 0 Å². The number of carboxylic acids is 1. The quantitative estimate of drug-likeness (QED) is 0.273. The first-order chi connectivity index (χ1) is 21.3. The molecule has 6 nitrogen and oxygen atoms in total. The van der Waals surface area contributed by atoms with Gasteiger partial charge in [-0.25, -0.2) is 4.39 Å². The van der Waals surface area contributed by atoms with E-state index >= 15 is 4.39 Å². The van der Waals surface area contributed by atoms with Gasteiger partial charge in [0.1, 0.15) is 17.7 Å². The fraction of sp³-hybridized carbons (Fsp3) is 0.514. The molecule has 4 aliphatic rings. The number of halogens is 1. The average molecular weight is 599 g/mol. The minimum Gasteiger partial charge on any atom is -0.485 e. The van der Waals surface area contributed by atoms with Gasteiger partial charge in [-0.2, -0.15) is 0 Å². The van der Waals surface area contributed by atoms with Crippen LogP contribution in [0.1, 0.15) is 91.8 Å². The Bertz CT molecular complexity index is 1540. The number of hydrogen-bond donors (Lipinski definition) is 1. The van der Waals surface area contributed by atoms with Crippen molar-refractivity contribution in [1.29, 1.82) is 0 Å². The predicted molar refractivity (Wildman–Crippen MR) is 167 cm³/mol. The third-order valence-corrected chi connectivity index (χ3v) is 10.8. The van der Waals surface area contributed by atoms with Gasteiger partial charge in [0.05, 0.1) is 18.2 Å². The van der Waals surface area contributed by atoms with E-state index in [1.807, 2.05) is 27.0 Å². The number of rotatable bonds is 9. The SMILES string of the molecule is COC1CC2CCC(C1)N2Cc1cc(C2CCc3ccc([C@H](C4CC4)[C@H](C)C(=O)O)cc3O2)ccc1-c1cc(C)ncc1F. The molecule has 3 aliphatic heterocycles. The van der Waals surface area contributed by atoms with Crippen LogP contribution in [-0.4, -0.2) is 46.3 Å². The molecule has 0 radical (unpaired) electrons. The molecule has 1 aromatic heterocycles. The zero-order valence-electron chi connectivity index (χ0n) is 26.0. The molecule has 2 saturated heterocycles. The van der Waals surface area contributed by atoms with Gasteiger partial charge in [-0.1, -0.05) is 37.3 Å². The minimum atomic E-state index is -0.744. The smallest absolute Gasteiger partial charge is 0.306 e. The lowest BCUT2D eigenvalue weighted by molar-refractivity contribution is -0.142. The number of nitrogens with zero attached hydrogens (tertiary/aromatic N) is 2. The largest absolute Gasteiger partial charge is 0.485 e. The van der Waals surface area contributed by atoms with Crippen molar-refractivity contribution in [3.63, 3.8) is 0 Å². The van der Waals surface area contributed by atoms with E-state index in [1.165, 1.54) is 24.6 Å². The molecular formula is C37H43FN2O4. The van der Waals surface area contributed by atoms with E-state index in [9.17, 15) is 9.90 Å². The van der Waals surface area contributed by atoms with Crippen molar-refractivity contribution in [2.75, 3.05) is 7.11 Å². The topological polar surface area (TPSA) is 71.9 Å². The van der Waals surface area contributed by atoms with Crippen LogP contribution in [0.25, 0.3) is 11.1 Å². The Balaban J connectivity index is 1.20. The van der Waals surface area contributed by atoms with Crippen LogP contribution in [-0.2, 0) is 22.5 Å². The Morgan fingerprint density at radius 2 is 1.84 bits per heavy atom. The van der Waals surface area contributed by atoms with Gasteiger partial charge in [-0.05, 0) is 110 Å². The predicted octanol–water partition coefficient (Wildman–Crippen LogP) is 7.62. The highest BCUT2D eigenvalue weighted by molar-refractivity contribution is 5.71. The average Bonchev–Trinajstić information content (AvgIpc) is 3.83. The number of methoxy groups -OCH3 is 1. The Hall–Kier alpha value is -3.29. The molecule has 3 fully saturated rings. The summed E-state index contributed by atoms with van der Waals surface area (Å²) < 4.78 is 27.7. The summed E-state index contributed by atoms with van der Waals surface area (Å²) in [7, 11) is 1.82. The second-order valence-electron chi connectivity index (χ2n) is 13.6. The molecule has 2 aromatic carbocycles. The van der Waals surface area contributed by atoms with Crippen LogP contribution in [0.15, 0.2) is 48.7 Å². The second kappa shape index (κ2) is 11.9. The molecule has 7 rings (SSSR count). The molecule has 1 N–H and O–H groups in total. The number of benzene rings is 2. The zero-order valence-corrected chi connectivity index (χ0v) is 26.0. The van der Waals surface area contributed by atoms with Crippen LogP contribution in [0.4, 0.5) is 4.39 Å². The molecule has 44 heavy (non-hydrogen) atoms. The van der Waals surface area contributed by atoms with Gasteiger partial charge in [0.15, 0.2) is 0 Å². The van der Waals surface area contributed by atoms with Crippen LogP contribution in [0.2, 0.25) is 0 Å². The molecule has 232 valence electrons. The fourth-order valence-corrected chi connectivity index (χ4v) is 8.23. The second-order valence-corrected chi connectivity index (χ2v) is 13.6. The maximum absolute atomic E-state index is 15.2. The van der Waals surface area contributed by atoms with Crippen molar-refractivity contribution in [3.05, 3.63) is 82.4 Å². The van der Waals surface area contributed by atoms with E-state index in [2.05, 4.69) is 46.3 Å². The molecule has 0 amide bonds. The summed E-state index contributed by atoms with van der Waals surface area (Å²) in [5.41, 5.74) is 6.76. The van der Waals surface area contributed by atoms with E-state index in [0.717, 1.165) is 78.8 Å². The summed E-state index contributed by atoms with van der Waals surface area (Å²) in [6.07, 6.45) is 9.87. The van der Waals surface area contributed by atoms with Crippen LogP contribution >= 0.6 is 0 Å². The van der Waals surface area contributed by atoms with E-state index in [4.69, 9.17) is 9.47 Å². The summed E-state index contributed by atoms with van der Waals surface area (Å²) in [6.45, 7) is 4.49. The molecule has 2 bridgehead atoms. The van der Waals surface area contributed by atoms with Crippen molar-refractivity contribution in [3.8, 4) is 16.9 Å². The molecule has 4 heterocycles. The number of fused-ring (bicyclic) bond motifs is 3. The standard InChI is InChI=1S/C37H43FN2O4/c1-21-14-32(33(38)19-39-21)31-12-8-25(15-27(31)20-40-28-10-11-29(40)18-30(17-28)43-3)34-13-9-23-4-7-26(16-35(23)44-34)36(24-5-6-24)22(2)37(41)42/h4,7-8,12,14-16,19,22,24,28-30,34,36H,5-6,9-11,13,17-18,20H2,1-3H3,(H,41,42)/t22-,28?,29?,30?,34?,36-/m0/s1. The van der Waals surface area contributed by atoms with E-state index in [-0.39, 0.29) is 17.8 Å². The highest BCUT2D eigenvalue weighted by Gasteiger charge is 2.41. The monoisotopic (exact) mass is 598 g/mol. The van der Waals surface area contributed by atoms with Gasteiger partial charge < -0.3 is 14.6 Å². The number of pyridine rings is 1. The number of piperidine rings is 1. The number of aliphatic carboxylic acids is 1. The molecular weight excluding hydrogens is 555 g/mol. The first-order valence-corrected chi connectivity index (χ1v) is 16.3. The summed E-state index contributed by atoms with van der Waals surface area (Å²) in [4.78, 5) is 18.7. The number of aromatic nitrogens is 1. The van der Waals surface area contributed by atoms with E-state index in [1.54, 1.807) is 0 Å². The Morgan fingerprint density at radius 1 is 1.07 bits per heavy atom. The number of hydrogen-bond acceptors (Lipinski definition) is 5. The van der Waals surface area contributed by atoms with Crippen molar-refractivity contribution in [2.45, 2.75) is 102 Å². The number of ether oxygens (including phenoxy) is 2. The fourth-order valence-electron chi connectivity index (χ4n) is 8.23. The van der Waals surface area contributed by atoms with Gasteiger partial charge in [0.2, 0.25) is 0 Å². The Morgan fingerprint density at radius 3 is 2.55 bits per heavy atom. The summed E-state index contributed by atoms with van der Waals surface area (Å²) in [5.74, 6) is -0.188. The molecule has 7 heteroatoms. The van der Waals surface area contributed by atoms with Crippen molar-refractivity contribution in [2.24, 2.45) is 11.8 Å². The first-order valence-electron chi connectivity index (χ1n) is 16.3. The van der Waals surface area contributed by atoms with Crippen LogP contribution in [0, 0.1) is 24.6 Å². The normalized spacial score (nSPS) is 26.1. The van der Waals surface area contributed by atoms with E-state index < -0.39 is 11.9 Å². The minimum absolute atomic E-state index is 0.00370.